The fourth-order valence-corrected chi connectivity index (χ4v) is 4.20. The van der Waals surface area contributed by atoms with Gasteiger partial charge in [0.15, 0.2) is 0 Å². The topological polar surface area (TPSA) is 37.3 Å². The average Bonchev–Trinajstić information content (AvgIpc) is 3.27. The minimum Gasteiger partial charge on any atom is -0.495 e. The number of methoxy groups -OCH3 is 1. The molecule has 0 aliphatic carbocycles. The van der Waals surface area contributed by atoms with E-state index < -0.39 is 0 Å². The van der Waals surface area contributed by atoms with Crippen molar-refractivity contribution in [2.45, 2.75) is 31.8 Å². The molecule has 5 nitrogen and oxygen atoms in total. The van der Waals surface area contributed by atoms with Crippen molar-refractivity contribution in [3.8, 4) is 5.75 Å². The smallest absolute Gasteiger partial charge is 0.142 e. The number of oxime groups is 1. The van der Waals surface area contributed by atoms with Crippen molar-refractivity contribution in [1.82, 2.24) is 4.90 Å². The predicted octanol–water partition coefficient (Wildman–Crippen LogP) is 4.18. The molecule has 0 saturated carbocycles. The van der Waals surface area contributed by atoms with E-state index in [1.807, 2.05) is 18.2 Å². The van der Waals surface area contributed by atoms with Gasteiger partial charge in [-0.1, -0.05) is 47.6 Å². The van der Waals surface area contributed by atoms with Crippen LogP contribution in [0.2, 0.25) is 0 Å². The zero-order chi connectivity index (χ0) is 19.9. The van der Waals surface area contributed by atoms with Gasteiger partial charge in [0.1, 0.15) is 11.9 Å². The Kier molecular flexibility index (Phi) is 6.67. The molecular formula is C24H31N3O2. The third kappa shape index (κ3) is 5.10. The lowest BCUT2D eigenvalue weighted by Crippen LogP contribution is -2.46. The van der Waals surface area contributed by atoms with Crippen molar-refractivity contribution in [3.05, 3.63) is 60.2 Å². The van der Waals surface area contributed by atoms with Gasteiger partial charge in [-0.15, -0.1) is 0 Å². The summed E-state index contributed by atoms with van der Waals surface area (Å²) >= 11 is 0. The maximum atomic E-state index is 5.65. The van der Waals surface area contributed by atoms with Crippen LogP contribution in [-0.4, -0.2) is 56.5 Å². The number of unbranched alkanes of at least 4 members (excludes halogenated alkanes) is 1. The maximum absolute atomic E-state index is 5.65. The van der Waals surface area contributed by atoms with Crippen molar-refractivity contribution < 1.29 is 9.57 Å². The first-order chi connectivity index (χ1) is 14.3. The molecule has 5 heteroatoms. The summed E-state index contributed by atoms with van der Waals surface area (Å²) in [6.07, 6.45) is 4.67. The van der Waals surface area contributed by atoms with Crippen LogP contribution in [0, 0.1) is 0 Å². The molecule has 4 rings (SSSR count). The fourth-order valence-electron chi connectivity index (χ4n) is 4.20. The lowest BCUT2D eigenvalue weighted by atomic mass is 10.0. The molecule has 0 radical (unpaired) electrons. The first-order valence-electron chi connectivity index (χ1n) is 10.7. The van der Waals surface area contributed by atoms with Gasteiger partial charge < -0.3 is 14.5 Å². The van der Waals surface area contributed by atoms with Gasteiger partial charge in [0.2, 0.25) is 0 Å². The largest absolute Gasteiger partial charge is 0.495 e. The maximum Gasteiger partial charge on any atom is 0.142 e. The van der Waals surface area contributed by atoms with Gasteiger partial charge in [-0.2, -0.15) is 0 Å². The second-order valence-electron chi connectivity index (χ2n) is 7.83. The number of hydrogen-bond donors (Lipinski definition) is 0. The van der Waals surface area contributed by atoms with Crippen LogP contribution in [0.4, 0.5) is 5.69 Å². The molecule has 0 amide bonds. The third-order valence-electron chi connectivity index (χ3n) is 5.89. The summed E-state index contributed by atoms with van der Waals surface area (Å²) in [5.74, 6) is 0.967. The Balaban J connectivity index is 1.13. The highest BCUT2D eigenvalue weighted by Crippen LogP contribution is 2.28. The Morgan fingerprint density at radius 3 is 2.52 bits per heavy atom. The summed E-state index contributed by atoms with van der Waals surface area (Å²) in [5.41, 5.74) is 3.48. The Labute approximate surface area is 173 Å². The first-order valence-corrected chi connectivity index (χ1v) is 10.7. The summed E-state index contributed by atoms with van der Waals surface area (Å²) in [4.78, 5) is 10.7. The molecule has 2 aromatic rings. The van der Waals surface area contributed by atoms with E-state index in [0.29, 0.717) is 0 Å². The van der Waals surface area contributed by atoms with E-state index in [-0.39, 0.29) is 6.10 Å². The van der Waals surface area contributed by atoms with Crippen LogP contribution in [0.1, 0.15) is 31.2 Å². The minimum absolute atomic E-state index is 0.243. The number of anilines is 1. The standard InChI is InChI=1S/C24H31N3O2/c1-28-24-13-6-5-12-23(24)27-17-15-26(16-18-27)14-8-7-11-21-19-22(25-29-21)20-9-3-2-4-10-20/h2-6,9-10,12-13,21H,7-8,11,14-19H2,1H3. The van der Waals surface area contributed by atoms with Crippen LogP contribution >= 0.6 is 0 Å². The summed E-state index contributed by atoms with van der Waals surface area (Å²) in [7, 11) is 1.75. The molecule has 1 unspecified atom stereocenters. The van der Waals surface area contributed by atoms with Crippen LogP contribution < -0.4 is 9.64 Å². The Bertz CT molecular complexity index is 801. The SMILES string of the molecule is COc1ccccc1N1CCN(CCCCC2CC(c3ccccc3)=NO2)CC1. The second-order valence-corrected chi connectivity index (χ2v) is 7.83. The Morgan fingerprint density at radius 2 is 1.72 bits per heavy atom. The number of rotatable bonds is 8. The zero-order valence-electron chi connectivity index (χ0n) is 17.3. The van der Waals surface area contributed by atoms with Crippen LogP contribution in [-0.2, 0) is 4.84 Å². The average molecular weight is 394 g/mol. The second kappa shape index (κ2) is 9.79. The number of hydrogen-bond acceptors (Lipinski definition) is 5. The van der Waals surface area contributed by atoms with Crippen LogP contribution in [0.5, 0.6) is 5.75 Å². The van der Waals surface area contributed by atoms with E-state index in [1.165, 1.54) is 30.6 Å². The van der Waals surface area contributed by atoms with Gasteiger partial charge in [-0.3, -0.25) is 4.90 Å². The van der Waals surface area contributed by atoms with Crippen molar-refractivity contribution in [1.29, 1.82) is 0 Å². The summed E-state index contributed by atoms with van der Waals surface area (Å²) < 4.78 is 5.51. The van der Waals surface area contributed by atoms with Gasteiger partial charge in [0, 0.05) is 32.6 Å². The first kappa shape index (κ1) is 19.8. The molecule has 1 saturated heterocycles. The van der Waals surface area contributed by atoms with Crippen LogP contribution in [0.25, 0.3) is 0 Å². The number of nitrogens with zero attached hydrogens (tertiary/aromatic N) is 3. The van der Waals surface area contributed by atoms with Crippen molar-refractivity contribution in [2.24, 2.45) is 5.16 Å². The van der Waals surface area contributed by atoms with Crippen LogP contribution in [0.15, 0.2) is 59.8 Å². The zero-order valence-corrected chi connectivity index (χ0v) is 17.3. The van der Waals surface area contributed by atoms with E-state index in [2.05, 4.69) is 51.4 Å². The van der Waals surface area contributed by atoms with E-state index in [4.69, 9.17) is 9.57 Å². The normalized spacial score (nSPS) is 19.7. The third-order valence-corrected chi connectivity index (χ3v) is 5.89. The van der Waals surface area contributed by atoms with Gasteiger partial charge >= 0.3 is 0 Å². The highest BCUT2D eigenvalue weighted by molar-refractivity contribution is 6.01. The molecule has 0 spiro atoms. The van der Waals surface area contributed by atoms with Crippen LogP contribution in [0.3, 0.4) is 0 Å². The van der Waals surface area contributed by atoms with Crippen molar-refractivity contribution in [3.63, 3.8) is 0 Å². The van der Waals surface area contributed by atoms with Crippen molar-refractivity contribution >= 4 is 11.4 Å². The molecule has 0 N–H and O–H groups in total. The van der Waals surface area contributed by atoms with E-state index in [9.17, 15) is 0 Å². The number of para-hydroxylation sites is 2. The molecule has 1 fully saturated rings. The van der Waals surface area contributed by atoms with E-state index in [1.54, 1.807) is 7.11 Å². The monoisotopic (exact) mass is 393 g/mol. The highest BCUT2D eigenvalue weighted by atomic mass is 16.6. The van der Waals surface area contributed by atoms with Crippen molar-refractivity contribution in [2.75, 3.05) is 44.7 Å². The van der Waals surface area contributed by atoms with Gasteiger partial charge in [-0.05, 0) is 43.5 Å². The number of piperazine rings is 1. The fraction of sp³-hybridized carbons (Fsp3) is 0.458. The lowest BCUT2D eigenvalue weighted by molar-refractivity contribution is 0.0763. The van der Waals surface area contributed by atoms with Gasteiger partial charge in [0.05, 0.1) is 18.5 Å². The Morgan fingerprint density at radius 1 is 0.966 bits per heavy atom. The highest BCUT2D eigenvalue weighted by Gasteiger charge is 2.22. The summed E-state index contributed by atoms with van der Waals surface area (Å²) in [6.45, 7) is 5.50. The molecule has 2 aromatic carbocycles. The number of benzene rings is 2. The molecule has 2 aliphatic rings. The molecule has 29 heavy (non-hydrogen) atoms. The predicted molar refractivity (Wildman–Crippen MR) is 118 cm³/mol. The van der Waals surface area contributed by atoms with Gasteiger partial charge in [0.25, 0.3) is 0 Å². The lowest BCUT2D eigenvalue weighted by Gasteiger charge is -2.36. The summed E-state index contributed by atoms with van der Waals surface area (Å²) in [6, 6.07) is 18.7. The molecule has 2 heterocycles. The molecular weight excluding hydrogens is 362 g/mol. The molecule has 0 aromatic heterocycles. The quantitative estimate of drug-likeness (QED) is 0.631. The summed E-state index contributed by atoms with van der Waals surface area (Å²) in [5, 5.41) is 4.30. The minimum atomic E-state index is 0.243. The van der Waals surface area contributed by atoms with E-state index in [0.717, 1.165) is 50.5 Å². The molecule has 2 aliphatic heterocycles. The molecule has 154 valence electrons. The molecule has 0 bridgehead atoms. The van der Waals surface area contributed by atoms with E-state index >= 15 is 0 Å². The Hall–Kier alpha value is -2.53. The number of ether oxygens (including phenoxy) is 1. The van der Waals surface area contributed by atoms with Gasteiger partial charge in [-0.25, -0.2) is 0 Å². The molecule has 1 atom stereocenters.